The SMILES string of the molecule is CCOc1c(N)nsc1NCCCCSC. The summed E-state index contributed by atoms with van der Waals surface area (Å²) in [5.41, 5.74) is 5.71. The van der Waals surface area contributed by atoms with Crippen LogP contribution in [0.5, 0.6) is 5.75 Å². The van der Waals surface area contributed by atoms with E-state index in [1.54, 1.807) is 0 Å². The molecule has 0 atom stereocenters. The number of ether oxygens (including phenoxy) is 1. The van der Waals surface area contributed by atoms with Crippen LogP contribution in [-0.4, -0.2) is 29.5 Å². The third-order valence-corrected chi connectivity index (χ3v) is 3.52. The van der Waals surface area contributed by atoms with Gasteiger partial charge in [0, 0.05) is 6.54 Å². The predicted octanol–water partition coefficient (Wildman–Crippen LogP) is 2.68. The van der Waals surface area contributed by atoms with E-state index in [0.29, 0.717) is 18.2 Å². The number of thioether (sulfide) groups is 1. The molecule has 0 saturated heterocycles. The van der Waals surface area contributed by atoms with Crippen molar-refractivity contribution >= 4 is 34.1 Å². The lowest BCUT2D eigenvalue weighted by Gasteiger charge is -2.07. The molecule has 0 bridgehead atoms. The van der Waals surface area contributed by atoms with E-state index in [2.05, 4.69) is 15.9 Å². The van der Waals surface area contributed by atoms with Crippen LogP contribution in [0.25, 0.3) is 0 Å². The summed E-state index contributed by atoms with van der Waals surface area (Å²) in [6, 6.07) is 0. The second kappa shape index (κ2) is 7.62. The summed E-state index contributed by atoms with van der Waals surface area (Å²) in [6.07, 6.45) is 4.52. The van der Waals surface area contributed by atoms with Crippen molar-refractivity contribution in [3.63, 3.8) is 0 Å². The summed E-state index contributed by atoms with van der Waals surface area (Å²) in [5, 5.41) is 4.27. The quantitative estimate of drug-likeness (QED) is 0.705. The smallest absolute Gasteiger partial charge is 0.197 e. The van der Waals surface area contributed by atoms with Gasteiger partial charge in [-0.05, 0) is 43.3 Å². The van der Waals surface area contributed by atoms with Gasteiger partial charge in [0.25, 0.3) is 0 Å². The highest BCUT2D eigenvalue weighted by Gasteiger charge is 2.11. The second-order valence-electron chi connectivity index (χ2n) is 3.29. The van der Waals surface area contributed by atoms with Gasteiger partial charge in [0.1, 0.15) is 0 Å². The number of nitrogens with two attached hydrogens (primary N) is 1. The van der Waals surface area contributed by atoms with Crippen LogP contribution in [0, 0.1) is 0 Å². The zero-order valence-corrected chi connectivity index (χ0v) is 11.4. The van der Waals surface area contributed by atoms with E-state index in [1.807, 2.05) is 18.7 Å². The number of unbranched alkanes of at least 4 members (excludes halogenated alkanes) is 1. The Bertz CT molecular complexity index is 304. The Morgan fingerprint density at radius 1 is 1.50 bits per heavy atom. The first kappa shape index (κ1) is 13.4. The minimum Gasteiger partial charge on any atom is -0.487 e. The Balaban J connectivity index is 2.35. The van der Waals surface area contributed by atoms with Crippen LogP contribution < -0.4 is 15.8 Å². The van der Waals surface area contributed by atoms with Crippen LogP contribution in [0.2, 0.25) is 0 Å². The van der Waals surface area contributed by atoms with E-state index in [-0.39, 0.29) is 0 Å². The van der Waals surface area contributed by atoms with Crippen molar-refractivity contribution in [3.05, 3.63) is 0 Å². The van der Waals surface area contributed by atoms with Gasteiger partial charge in [-0.2, -0.15) is 16.1 Å². The van der Waals surface area contributed by atoms with Crippen molar-refractivity contribution in [1.82, 2.24) is 4.37 Å². The Labute approximate surface area is 105 Å². The standard InChI is InChI=1S/C10H19N3OS2/c1-3-14-8-9(11)13-16-10(8)12-6-4-5-7-15-2/h12H,3-7H2,1-2H3,(H2,11,13). The highest BCUT2D eigenvalue weighted by Crippen LogP contribution is 2.34. The number of anilines is 2. The summed E-state index contributed by atoms with van der Waals surface area (Å²) in [6.45, 7) is 3.51. The molecule has 0 aliphatic carbocycles. The molecule has 0 aliphatic rings. The molecule has 0 aromatic carbocycles. The fourth-order valence-corrected chi connectivity index (χ4v) is 2.44. The fraction of sp³-hybridized carbons (Fsp3) is 0.700. The van der Waals surface area contributed by atoms with E-state index >= 15 is 0 Å². The minimum absolute atomic E-state index is 0.485. The van der Waals surface area contributed by atoms with Gasteiger partial charge in [-0.25, -0.2) is 0 Å². The molecule has 1 aromatic rings. The molecule has 3 N–H and O–H groups in total. The van der Waals surface area contributed by atoms with Crippen LogP contribution in [0.4, 0.5) is 10.8 Å². The van der Waals surface area contributed by atoms with Crippen molar-refractivity contribution in [2.45, 2.75) is 19.8 Å². The summed E-state index contributed by atoms with van der Waals surface area (Å²) >= 11 is 3.24. The van der Waals surface area contributed by atoms with Crippen molar-refractivity contribution < 1.29 is 4.74 Å². The molecule has 92 valence electrons. The van der Waals surface area contributed by atoms with Gasteiger partial charge in [-0.3, -0.25) is 0 Å². The van der Waals surface area contributed by atoms with Crippen molar-refractivity contribution in [2.75, 3.05) is 36.2 Å². The molecule has 0 saturated carbocycles. The molecule has 0 amide bonds. The van der Waals surface area contributed by atoms with E-state index < -0.39 is 0 Å². The van der Waals surface area contributed by atoms with E-state index in [9.17, 15) is 0 Å². The third kappa shape index (κ3) is 4.09. The largest absolute Gasteiger partial charge is 0.487 e. The predicted molar refractivity (Wildman–Crippen MR) is 73.8 cm³/mol. The molecule has 1 heterocycles. The molecular formula is C10H19N3OS2. The highest BCUT2D eigenvalue weighted by atomic mass is 32.2. The minimum atomic E-state index is 0.485. The van der Waals surface area contributed by atoms with Crippen molar-refractivity contribution in [3.8, 4) is 5.75 Å². The van der Waals surface area contributed by atoms with Crippen LogP contribution in [0.3, 0.4) is 0 Å². The normalized spacial score (nSPS) is 10.4. The van der Waals surface area contributed by atoms with Gasteiger partial charge in [0.2, 0.25) is 0 Å². The van der Waals surface area contributed by atoms with Crippen LogP contribution in [-0.2, 0) is 0 Å². The number of nitrogen functional groups attached to an aromatic ring is 1. The summed E-state index contributed by atoms with van der Waals surface area (Å²) in [7, 11) is 0. The van der Waals surface area contributed by atoms with Crippen molar-refractivity contribution in [1.29, 1.82) is 0 Å². The third-order valence-electron chi connectivity index (χ3n) is 2.02. The van der Waals surface area contributed by atoms with E-state index in [0.717, 1.165) is 18.0 Å². The van der Waals surface area contributed by atoms with Crippen LogP contribution in [0.15, 0.2) is 0 Å². The molecule has 0 unspecified atom stereocenters. The highest BCUT2D eigenvalue weighted by molar-refractivity contribution is 7.98. The fourth-order valence-electron chi connectivity index (χ4n) is 1.26. The maximum Gasteiger partial charge on any atom is 0.197 e. The number of nitrogens with one attached hydrogen (secondary N) is 1. The average Bonchev–Trinajstić information content (AvgIpc) is 2.62. The Hall–Kier alpha value is -0.620. The van der Waals surface area contributed by atoms with E-state index in [4.69, 9.17) is 10.5 Å². The molecule has 0 aliphatic heterocycles. The van der Waals surface area contributed by atoms with Gasteiger partial charge in [0.05, 0.1) is 6.61 Å². The number of aromatic nitrogens is 1. The average molecular weight is 261 g/mol. The lowest BCUT2D eigenvalue weighted by atomic mass is 10.3. The Morgan fingerprint density at radius 2 is 2.31 bits per heavy atom. The zero-order chi connectivity index (χ0) is 11.8. The lowest BCUT2D eigenvalue weighted by Crippen LogP contribution is -2.03. The Morgan fingerprint density at radius 3 is 3.00 bits per heavy atom. The molecule has 0 fully saturated rings. The van der Waals surface area contributed by atoms with E-state index in [1.165, 1.54) is 23.7 Å². The molecule has 0 spiro atoms. The first-order chi connectivity index (χ1) is 7.79. The van der Waals surface area contributed by atoms with Crippen molar-refractivity contribution in [2.24, 2.45) is 0 Å². The van der Waals surface area contributed by atoms with Gasteiger partial charge in [0.15, 0.2) is 16.6 Å². The number of rotatable bonds is 8. The summed E-state index contributed by atoms with van der Waals surface area (Å²) < 4.78 is 9.52. The maximum atomic E-state index is 5.71. The van der Waals surface area contributed by atoms with Crippen LogP contribution >= 0.6 is 23.3 Å². The first-order valence-corrected chi connectivity index (χ1v) is 7.57. The molecule has 6 heteroatoms. The molecular weight excluding hydrogens is 242 g/mol. The lowest BCUT2D eigenvalue weighted by molar-refractivity contribution is 0.344. The first-order valence-electron chi connectivity index (χ1n) is 5.40. The summed E-state index contributed by atoms with van der Waals surface area (Å²) in [5.74, 6) is 2.40. The summed E-state index contributed by atoms with van der Waals surface area (Å²) in [4.78, 5) is 0. The molecule has 16 heavy (non-hydrogen) atoms. The number of hydrogen-bond acceptors (Lipinski definition) is 6. The second-order valence-corrected chi connectivity index (χ2v) is 5.04. The van der Waals surface area contributed by atoms with Crippen LogP contribution in [0.1, 0.15) is 19.8 Å². The van der Waals surface area contributed by atoms with Gasteiger partial charge >= 0.3 is 0 Å². The monoisotopic (exact) mass is 261 g/mol. The number of nitrogens with zero attached hydrogens (tertiary/aromatic N) is 1. The van der Waals surface area contributed by atoms with Gasteiger partial charge in [-0.15, -0.1) is 0 Å². The molecule has 1 aromatic heterocycles. The van der Waals surface area contributed by atoms with Gasteiger partial charge in [-0.1, -0.05) is 0 Å². The molecule has 4 nitrogen and oxygen atoms in total. The topological polar surface area (TPSA) is 60.2 Å². The zero-order valence-electron chi connectivity index (χ0n) is 9.78. The number of hydrogen-bond donors (Lipinski definition) is 2. The maximum absolute atomic E-state index is 5.71. The molecule has 0 radical (unpaired) electrons. The van der Waals surface area contributed by atoms with Gasteiger partial charge < -0.3 is 15.8 Å². The molecule has 1 rings (SSSR count). The Kier molecular flexibility index (Phi) is 6.40.